The van der Waals surface area contributed by atoms with Crippen LogP contribution in [0.25, 0.3) is 0 Å². The van der Waals surface area contributed by atoms with Crippen LogP contribution in [-0.4, -0.2) is 42.6 Å². The molecular formula is C29H35NO4S. The predicted octanol–water partition coefficient (Wildman–Crippen LogP) is 5.32. The lowest BCUT2D eigenvalue weighted by Crippen LogP contribution is -2.52. The Bertz CT molecular complexity index is 1210. The van der Waals surface area contributed by atoms with Crippen LogP contribution < -0.4 is 0 Å². The third kappa shape index (κ3) is 5.84. The van der Waals surface area contributed by atoms with Crippen LogP contribution in [0.5, 0.6) is 0 Å². The number of aliphatic hydroxyl groups is 1. The Morgan fingerprint density at radius 1 is 0.886 bits per heavy atom. The first-order valence-corrected chi connectivity index (χ1v) is 13.5. The third-order valence-electron chi connectivity index (χ3n) is 6.52. The molecule has 1 N–H and O–H groups in total. The smallest absolute Gasteiger partial charge is 0.243 e. The number of hydrogen-bond donors (Lipinski definition) is 1. The van der Waals surface area contributed by atoms with Crippen molar-refractivity contribution in [2.24, 2.45) is 5.92 Å². The van der Waals surface area contributed by atoms with Crippen molar-refractivity contribution in [2.75, 3.05) is 13.1 Å². The molecule has 3 aromatic rings. The molecule has 0 bridgehead atoms. The summed E-state index contributed by atoms with van der Waals surface area (Å²) >= 11 is 0. The zero-order valence-corrected chi connectivity index (χ0v) is 21.7. The molecule has 1 fully saturated rings. The minimum atomic E-state index is -3.79. The molecular weight excluding hydrogens is 458 g/mol. The first-order valence-electron chi connectivity index (χ1n) is 12.1. The second-order valence-corrected chi connectivity index (χ2v) is 12.3. The third-order valence-corrected chi connectivity index (χ3v) is 8.37. The van der Waals surface area contributed by atoms with Gasteiger partial charge in [-0.3, -0.25) is 0 Å². The van der Waals surface area contributed by atoms with Crippen LogP contribution >= 0.6 is 0 Å². The van der Waals surface area contributed by atoms with E-state index in [0.717, 1.165) is 16.7 Å². The van der Waals surface area contributed by atoms with Gasteiger partial charge >= 0.3 is 0 Å². The maximum atomic E-state index is 13.7. The maximum Gasteiger partial charge on any atom is 0.243 e. The van der Waals surface area contributed by atoms with Gasteiger partial charge < -0.3 is 9.84 Å². The van der Waals surface area contributed by atoms with E-state index in [1.54, 1.807) is 24.3 Å². The molecule has 1 heterocycles. The van der Waals surface area contributed by atoms with Gasteiger partial charge in [-0.15, -0.1) is 0 Å². The van der Waals surface area contributed by atoms with E-state index < -0.39 is 27.8 Å². The van der Waals surface area contributed by atoms with Gasteiger partial charge in [0.2, 0.25) is 10.0 Å². The van der Waals surface area contributed by atoms with Crippen LogP contribution in [0.15, 0.2) is 89.8 Å². The van der Waals surface area contributed by atoms with Crippen molar-refractivity contribution >= 4 is 10.0 Å². The zero-order chi connectivity index (χ0) is 25.2. The number of aryl methyl sites for hydroxylation is 1. The van der Waals surface area contributed by atoms with Gasteiger partial charge in [0.1, 0.15) is 0 Å². The molecule has 3 aromatic carbocycles. The van der Waals surface area contributed by atoms with E-state index in [1.165, 1.54) is 4.31 Å². The monoisotopic (exact) mass is 493 g/mol. The molecule has 1 aliphatic rings. The van der Waals surface area contributed by atoms with Crippen LogP contribution in [0.4, 0.5) is 0 Å². The maximum absolute atomic E-state index is 13.7. The molecule has 6 heteroatoms. The van der Waals surface area contributed by atoms with Gasteiger partial charge in [0.05, 0.1) is 22.7 Å². The van der Waals surface area contributed by atoms with Gasteiger partial charge in [0.25, 0.3) is 0 Å². The van der Waals surface area contributed by atoms with Crippen LogP contribution in [0, 0.1) is 12.8 Å². The van der Waals surface area contributed by atoms with Crippen molar-refractivity contribution in [3.8, 4) is 0 Å². The average Bonchev–Trinajstić information content (AvgIpc) is 2.83. The first-order chi connectivity index (χ1) is 16.6. The summed E-state index contributed by atoms with van der Waals surface area (Å²) in [7, 11) is -3.79. The molecule has 186 valence electrons. The molecule has 0 aliphatic carbocycles. The minimum Gasteiger partial charge on any atom is -0.391 e. The average molecular weight is 494 g/mol. The largest absolute Gasteiger partial charge is 0.391 e. The number of β-amino-alcohol motifs (C(OH)–C–C–N with tert-alkyl or cyclic N) is 1. The highest BCUT2D eigenvalue weighted by molar-refractivity contribution is 7.89. The molecule has 1 saturated heterocycles. The number of piperidine rings is 1. The van der Waals surface area contributed by atoms with Gasteiger partial charge in [-0.05, 0) is 51.0 Å². The van der Waals surface area contributed by atoms with Gasteiger partial charge in [0, 0.05) is 24.9 Å². The second kappa shape index (κ2) is 10.2. The lowest BCUT2D eigenvalue weighted by atomic mass is 9.74. The summed E-state index contributed by atoms with van der Waals surface area (Å²) in [5.74, 6) is -0.587. The van der Waals surface area contributed by atoms with E-state index in [9.17, 15) is 13.5 Å². The molecule has 4 atom stereocenters. The van der Waals surface area contributed by atoms with Crippen molar-refractivity contribution in [1.29, 1.82) is 0 Å². The molecule has 1 unspecified atom stereocenters. The Morgan fingerprint density at radius 2 is 1.46 bits per heavy atom. The Kier molecular flexibility index (Phi) is 7.48. The van der Waals surface area contributed by atoms with Crippen molar-refractivity contribution in [3.63, 3.8) is 0 Å². The summed E-state index contributed by atoms with van der Waals surface area (Å²) in [5, 5.41) is 11.5. The number of ether oxygens (including phenoxy) is 1. The molecule has 0 radical (unpaired) electrons. The van der Waals surface area contributed by atoms with E-state index >= 15 is 0 Å². The number of rotatable bonds is 6. The van der Waals surface area contributed by atoms with E-state index in [2.05, 4.69) is 0 Å². The standard InChI is InChI=1S/C29H35NO4S/c1-21-15-17-24(18-16-21)35(32,33)30-19-25(27(26(31)20-30)22-11-7-5-8-12-22)28(34-29(2,3)4)23-13-9-6-10-14-23/h5-18,25-28,31H,19-20H2,1-4H3/t25?,26-,27-,28+/m0/s1. The van der Waals surface area contributed by atoms with Crippen LogP contribution in [0.1, 0.15) is 49.5 Å². The number of sulfonamides is 1. The number of hydrogen-bond acceptors (Lipinski definition) is 4. The van der Waals surface area contributed by atoms with Crippen molar-refractivity contribution in [3.05, 3.63) is 102 Å². The molecule has 1 aliphatic heterocycles. The van der Waals surface area contributed by atoms with Crippen molar-refractivity contribution < 1.29 is 18.3 Å². The van der Waals surface area contributed by atoms with Gasteiger partial charge in [-0.25, -0.2) is 8.42 Å². The van der Waals surface area contributed by atoms with Crippen molar-refractivity contribution in [2.45, 2.75) is 56.3 Å². The minimum absolute atomic E-state index is 0.0310. The summed E-state index contributed by atoms with van der Waals surface area (Å²) in [6.07, 6.45) is -1.29. The fourth-order valence-corrected chi connectivity index (χ4v) is 6.44. The van der Waals surface area contributed by atoms with E-state index in [4.69, 9.17) is 4.74 Å². The molecule has 0 saturated carbocycles. The molecule has 0 spiro atoms. The summed E-state index contributed by atoms with van der Waals surface area (Å²) in [4.78, 5) is 0.236. The normalized spacial score (nSPS) is 22.6. The molecule has 35 heavy (non-hydrogen) atoms. The second-order valence-electron chi connectivity index (χ2n) is 10.4. The number of nitrogens with zero attached hydrogens (tertiary/aromatic N) is 1. The molecule has 0 amide bonds. The molecule has 5 nitrogen and oxygen atoms in total. The summed E-state index contributed by atoms with van der Waals surface area (Å²) in [6, 6.07) is 26.6. The quantitative estimate of drug-likeness (QED) is 0.505. The Morgan fingerprint density at radius 3 is 2.03 bits per heavy atom. The lowest BCUT2D eigenvalue weighted by Gasteiger charge is -2.46. The van der Waals surface area contributed by atoms with Crippen LogP contribution in [-0.2, 0) is 14.8 Å². The Hall–Kier alpha value is -2.51. The Balaban J connectivity index is 1.80. The van der Waals surface area contributed by atoms with Crippen molar-refractivity contribution in [1.82, 2.24) is 4.31 Å². The number of aliphatic hydroxyl groups excluding tert-OH is 1. The fraction of sp³-hybridized carbons (Fsp3) is 0.379. The molecule has 0 aromatic heterocycles. The van der Waals surface area contributed by atoms with Crippen LogP contribution in [0.3, 0.4) is 0 Å². The van der Waals surface area contributed by atoms with E-state index in [0.29, 0.717) is 0 Å². The highest BCUT2D eigenvalue weighted by Crippen LogP contribution is 2.44. The van der Waals surface area contributed by atoms with Gasteiger partial charge in [-0.1, -0.05) is 78.4 Å². The zero-order valence-electron chi connectivity index (χ0n) is 20.8. The summed E-state index contributed by atoms with van der Waals surface area (Å²) in [5.41, 5.74) is 2.48. The predicted molar refractivity (Wildman–Crippen MR) is 139 cm³/mol. The van der Waals surface area contributed by atoms with E-state index in [-0.39, 0.29) is 29.8 Å². The Labute approximate surface area is 209 Å². The highest BCUT2D eigenvalue weighted by atomic mass is 32.2. The van der Waals surface area contributed by atoms with E-state index in [1.807, 2.05) is 88.4 Å². The number of benzene rings is 3. The summed E-state index contributed by atoms with van der Waals surface area (Å²) in [6.45, 7) is 8.20. The first kappa shape index (κ1) is 25.6. The topological polar surface area (TPSA) is 66.8 Å². The fourth-order valence-electron chi connectivity index (χ4n) is 4.94. The van der Waals surface area contributed by atoms with Gasteiger partial charge in [-0.2, -0.15) is 4.31 Å². The van der Waals surface area contributed by atoms with Gasteiger partial charge in [0.15, 0.2) is 0 Å². The summed E-state index contributed by atoms with van der Waals surface area (Å²) < 4.78 is 35.3. The SMILES string of the molecule is Cc1ccc(S(=O)(=O)N2CC([C@H](OC(C)(C)C)c3ccccc3)[C@H](c3ccccc3)[C@@H](O)C2)cc1. The lowest BCUT2D eigenvalue weighted by molar-refractivity contribution is -0.112. The highest BCUT2D eigenvalue weighted by Gasteiger charge is 2.46. The van der Waals surface area contributed by atoms with Crippen LogP contribution in [0.2, 0.25) is 0 Å². The molecule has 4 rings (SSSR count).